The Morgan fingerprint density at radius 2 is 1.92 bits per heavy atom. The zero-order chi connectivity index (χ0) is 17.6. The van der Waals surface area contributed by atoms with Gasteiger partial charge >= 0.3 is 0 Å². The molecular weight excluding hydrogens is 320 g/mol. The standard InChI is InChI=1S/C19H20N2O4/c1-23-14-9-7-13(8-10-14)12-20-19(22)18-11-16(21-25-18)15-5-3-4-6-17(15)24-2/h3-10,18H,11-12H2,1-2H3,(H,20,22)/t18-/m0/s1. The summed E-state index contributed by atoms with van der Waals surface area (Å²) in [6.45, 7) is 0.423. The van der Waals surface area contributed by atoms with Crippen LogP contribution in [0.2, 0.25) is 0 Å². The summed E-state index contributed by atoms with van der Waals surface area (Å²) >= 11 is 0. The molecule has 0 fully saturated rings. The number of para-hydroxylation sites is 1. The summed E-state index contributed by atoms with van der Waals surface area (Å²) in [6.07, 6.45) is -0.215. The first kappa shape index (κ1) is 16.8. The van der Waals surface area contributed by atoms with Gasteiger partial charge in [0.2, 0.25) is 6.10 Å². The molecule has 2 aromatic carbocycles. The molecule has 1 N–H and O–H groups in total. The van der Waals surface area contributed by atoms with Crippen molar-refractivity contribution < 1.29 is 19.1 Å². The second kappa shape index (κ2) is 7.70. The molecule has 1 amide bonds. The first-order valence-electron chi connectivity index (χ1n) is 7.98. The normalized spacial score (nSPS) is 15.9. The van der Waals surface area contributed by atoms with Crippen molar-refractivity contribution in [3.8, 4) is 11.5 Å². The topological polar surface area (TPSA) is 69.2 Å². The van der Waals surface area contributed by atoms with Crippen LogP contribution in [0.1, 0.15) is 17.5 Å². The minimum absolute atomic E-state index is 0.190. The van der Waals surface area contributed by atoms with Crippen molar-refractivity contribution in [2.45, 2.75) is 19.1 Å². The first-order valence-corrected chi connectivity index (χ1v) is 7.98. The van der Waals surface area contributed by atoms with Crippen molar-refractivity contribution >= 4 is 11.6 Å². The number of carbonyl (C=O) groups is 1. The molecule has 6 nitrogen and oxygen atoms in total. The molecule has 0 saturated carbocycles. The summed E-state index contributed by atoms with van der Waals surface area (Å²) in [5, 5.41) is 6.92. The number of carbonyl (C=O) groups excluding carboxylic acids is 1. The van der Waals surface area contributed by atoms with E-state index in [1.54, 1.807) is 14.2 Å². The molecule has 0 radical (unpaired) electrons. The lowest BCUT2D eigenvalue weighted by atomic mass is 10.0. The number of hydrogen-bond donors (Lipinski definition) is 1. The average Bonchev–Trinajstić information content (AvgIpc) is 3.16. The van der Waals surface area contributed by atoms with E-state index in [0.29, 0.717) is 24.4 Å². The molecule has 0 saturated heterocycles. The third-order valence-corrected chi connectivity index (χ3v) is 4.00. The molecule has 1 heterocycles. The fourth-order valence-corrected chi connectivity index (χ4v) is 2.61. The number of nitrogens with zero attached hydrogens (tertiary/aromatic N) is 1. The molecule has 2 aromatic rings. The molecule has 1 aliphatic rings. The molecule has 3 rings (SSSR count). The third kappa shape index (κ3) is 3.91. The van der Waals surface area contributed by atoms with E-state index < -0.39 is 6.10 Å². The zero-order valence-corrected chi connectivity index (χ0v) is 14.2. The van der Waals surface area contributed by atoms with E-state index in [0.717, 1.165) is 16.9 Å². The van der Waals surface area contributed by atoms with Gasteiger partial charge in [-0.3, -0.25) is 4.79 Å². The fraction of sp³-hybridized carbons (Fsp3) is 0.263. The predicted molar refractivity (Wildman–Crippen MR) is 93.9 cm³/mol. The minimum atomic E-state index is -0.627. The van der Waals surface area contributed by atoms with Gasteiger partial charge in [-0.05, 0) is 29.8 Å². The molecule has 130 valence electrons. The van der Waals surface area contributed by atoms with Crippen LogP contribution in [0, 0.1) is 0 Å². The lowest BCUT2D eigenvalue weighted by molar-refractivity contribution is -0.131. The van der Waals surface area contributed by atoms with Gasteiger partial charge in [-0.25, -0.2) is 0 Å². The SMILES string of the molecule is COc1ccc(CNC(=O)[C@@H]2CC(c3ccccc3OC)=NO2)cc1. The van der Waals surface area contributed by atoms with Gasteiger partial charge in [0.1, 0.15) is 11.5 Å². The maximum absolute atomic E-state index is 12.3. The van der Waals surface area contributed by atoms with Gasteiger partial charge in [-0.15, -0.1) is 0 Å². The Morgan fingerprint density at radius 1 is 1.16 bits per heavy atom. The highest BCUT2D eigenvalue weighted by Gasteiger charge is 2.29. The first-order chi connectivity index (χ1) is 12.2. The highest BCUT2D eigenvalue weighted by molar-refractivity contribution is 6.05. The number of rotatable bonds is 6. The van der Waals surface area contributed by atoms with Crippen LogP contribution in [0.4, 0.5) is 0 Å². The van der Waals surface area contributed by atoms with E-state index in [1.165, 1.54) is 0 Å². The van der Waals surface area contributed by atoms with Crippen LogP contribution >= 0.6 is 0 Å². The molecule has 1 aliphatic heterocycles. The van der Waals surface area contributed by atoms with Crippen molar-refractivity contribution in [3.63, 3.8) is 0 Å². The lowest BCUT2D eigenvalue weighted by Gasteiger charge is -2.10. The van der Waals surface area contributed by atoms with Crippen LogP contribution < -0.4 is 14.8 Å². The Kier molecular flexibility index (Phi) is 5.18. The summed E-state index contributed by atoms with van der Waals surface area (Å²) in [4.78, 5) is 17.6. The Morgan fingerprint density at radius 3 is 2.64 bits per heavy atom. The smallest absolute Gasteiger partial charge is 0.264 e. The summed E-state index contributed by atoms with van der Waals surface area (Å²) in [6, 6.07) is 15.1. The minimum Gasteiger partial charge on any atom is -0.497 e. The fourth-order valence-electron chi connectivity index (χ4n) is 2.61. The number of hydrogen-bond acceptors (Lipinski definition) is 5. The lowest BCUT2D eigenvalue weighted by Crippen LogP contribution is -2.34. The largest absolute Gasteiger partial charge is 0.497 e. The van der Waals surface area contributed by atoms with Crippen LogP contribution in [0.15, 0.2) is 53.7 Å². The molecule has 0 aliphatic carbocycles. The van der Waals surface area contributed by atoms with Crippen molar-refractivity contribution in [2.24, 2.45) is 5.16 Å². The highest BCUT2D eigenvalue weighted by atomic mass is 16.6. The van der Waals surface area contributed by atoms with E-state index >= 15 is 0 Å². The molecule has 0 aromatic heterocycles. The Balaban J connectivity index is 1.56. The maximum Gasteiger partial charge on any atom is 0.264 e. The summed E-state index contributed by atoms with van der Waals surface area (Å²) in [5.74, 6) is 1.30. The van der Waals surface area contributed by atoms with Gasteiger partial charge in [0, 0.05) is 18.5 Å². The van der Waals surface area contributed by atoms with Gasteiger partial charge in [0.05, 0.1) is 19.9 Å². The number of oxime groups is 1. The average molecular weight is 340 g/mol. The van der Waals surface area contributed by atoms with E-state index in [9.17, 15) is 4.79 Å². The quantitative estimate of drug-likeness (QED) is 0.877. The number of nitrogens with one attached hydrogen (secondary N) is 1. The molecule has 1 atom stereocenters. The Hall–Kier alpha value is -3.02. The van der Waals surface area contributed by atoms with Crippen molar-refractivity contribution in [1.29, 1.82) is 0 Å². The molecule has 6 heteroatoms. The van der Waals surface area contributed by atoms with Crippen LogP contribution in [0.25, 0.3) is 0 Å². The Labute approximate surface area is 146 Å². The Bertz CT molecular complexity index is 771. The number of benzene rings is 2. The third-order valence-electron chi connectivity index (χ3n) is 4.00. The molecular formula is C19H20N2O4. The summed E-state index contributed by atoms with van der Waals surface area (Å²) in [5.41, 5.74) is 2.54. The van der Waals surface area contributed by atoms with Gasteiger partial charge in [0.15, 0.2) is 0 Å². The molecule has 0 bridgehead atoms. The number of amides is 1. The molecule has 0 spiro atoms. The van der Waals surface area contributed by atoms with Crippen LogP contribution in [-0.4, -0.2) is 31.9 Å². The van der Waals surface area contributed by atoms with Gasteiger partial charge in [-0.2, -0.15) is 0 Å². The van der Waals surface area contributed by atoms with Gasteiger partial charge < -0.3 is 19.6 Å². The van der Waals surface area contributed by atoms with Gasteiger partial charge in [0.25, 0.3) is 5.91 Å². The van der Waals surface area contributed by atoms with E-state index in [4.69, 9.17) is 14.3 Å². The second-order valence-corrected chi connectivity index (χ2v) is 5.60. The zero-order valence-electron chi connectivity index (χ0n) is 14.2. The van der Waals surface area contributed by atoms with Crippen LogP contribution in [0.5, 0.6) is 11.5 Å². The monoisotopic (exact) mass is 340 g/mol. The molecule has 0 unspecified atom stereocenters. The van der Waals surface area contributed by atoms with Crippen LogP contribution in [0.3, 0.4) is 0 Å². The molecule has 25 heavy (non-hydrogen) atoms. The maximum atomic E-state index is 12.3. The number of ether oxygens (including phenoxy) is 2. The van der Waals surface area contributed by atoms with Gasteiger partial charge in [-0.1, -0.05) is 29.4 Å². The van der Waals surface area contributed by atoms with Crippen LogP contribution in [-0.2, 0) is 16.2 Å². The summed E-state index contributed by atoms with van der Waals surface area (Å²) in [7, 11) is 3.22. The van der Waals surface area contributed by atoms with E-state index in [2.05, 4.69) is 10.5 Å². The second-order valence-electron chi connectivity index (χ2n) is 5.60. The predicted octanol–water partition coefficient (Wildman–Crippen LogP) is 2.51. The summed E-state index contributed by atoms with van der Waals surface area (Å²) < 4.78 is 10.4. The van der Waals surface area contributed by atoms with Crippen molar-refractivity contribution in [2.75, 3.05) is 14.2 Å². The van der Waals surface area contributed by atoms with E-state index in [1.807, 2.05) is 48.5 Å². The van der Waals surface area contributed by atoms with E-state index in [-0.39, 0.29) is 5.91 Å². The van der Waals surface area contributed by atoms with Crippen molar-refractivity contribution in [1.82, 2.24) is 5.32 Å². The number of methoxy groups -OCH3 is 2. The highest BCUT2D eigenvalue weighted by Crippen LogP contribution is 2.24. The van der Waals surface area contributed by atoms with Crippen molar-refractivity contribution in [3.05, 3.63) is 59.7 Å².